The zero-order chi connectivity index (χ0) is 26.6. The van der Waals surface area contributed by atoms with Crippen molar-refractivity contribution in [3.05, 3.63) is 52.8 Å². The molecule has 4 N–H and O–H groups in total. The van der Waals surface area contributed by atoms with Gasteiger partial charge in [0.25, 0.3) is 0 Å². The number of aromatic nitrogens is 2. The van der Waals surface area contributed by atoms with Crippen LogP contribution in [0, 0.1) is 5.82 Å². The number of halogens is 2. The van der Waals surface area contributed by atoms with Crippen LogP contribution >= 0.6 is 19.5 Å². The van der Waals surface area contributed by atoms with Crippen LogP contribution in [-0.2, 0) is 18.6 Å². The lowest BCUT2D eigenvalue weighted by atomic mass is 10.1. The molecular formula is C21H27F2N4O7PS. The van der Waals surface area contributed by atoms with Crippen LogP contribution in [0.4, 0.5) is 14.6 Å². The molecule has 1 aliphatic rings. The quantitative estimate of drug-likeness (QED) is 0.296. The number of nitrogens with one attached hydrogen (secondary N) is 1. The number of nitrogen functional groups attached to an aromatic ring is 1. The van der Waals surface area contributed by atoms with Crippen LogP contribution in [-0.4, -0.2) is 56.9 Å². The maximum absolute atomic E-state index is 14.9. The van der Waals surface area contributed by atoms with Gasteiger partial charge in [-0.3, -0.25) is 13.9 Å². The van der Waals surface area contributed by atoms with Crippen LogP contribution < -0.4 is 21.0 Å². The monoisotopic (exact) mass is 548 g/mol. The molecule has 15 heteroatoms. The number of benzene rings is 1. The zero-order valence-electron chi connectivity index (χ0n) is 19.6. The number of esters is 1. The fourth-order valence-electron chi connectivity index (χ4n) is 3.21. The second kappa shape index (κ2) is 11.7. The number of hydrogen-bond donors (Lipinski definition) is 3. The van der Waals surface area contributed by atoms with Crippen molar-refractivity contribution in [1.82, 2.24) is 14.6 Å². The van der Waals surface area contributed by atoms with Crippen LogP contribution in [0.25, 0.3) is 0 Å². The molecule has 2 aromatic rings. The van der Waals surface area contributed by atoms with Gasteiger partial charge in [-0.1, -0.05) is 18.2 Å². The number of hydrogen-bond acceptors (Lipinski definition) is 10. The highest BCUT2D eigenvalue weighted by Crippen LogP contribution is 2.49. The summed E-state index contributed by atoms with van der Waals surface area (Å²) in [5.74, 6) is -2.20. The van der Waals surface area contributed by atoms with Crippen molar-refractivity contribution in [3.63, 3.8) is 0 Å². The molecule has 1 unspecified atom stereocenters. The number of nitrogens with two attached hydrogens (primary N) is 1. The van der Waals surface area contributed by atoms with E-state index in [0.717, 1.165) is 11.8 Å². The van der Waals surface area contributed by atoms with Crippen molar-refractivity contribution in [2.45, 2.75) is 55.8 Å². The number of carbonyl (C=O) groups excluding carboxylic acids is 1. The number of rotatable bonds is 10. The first-order chi connectivity index (χ1) is 16.9. The number of carbonyl (C=O) groups is 1. The van der Waals surface area contributed by atoms with E-state index in [1.54, 1.807) is 32.0 Å². The molecule has 0 saturated carbocycles. The molecule has 198 valence electrons. The minimum Gasteiger partial charge on any atom is -0.462 e. The third-order valence-electron chi connectivity index (χ3n) is 4.94. The molecule has 1 aromatic heterocycles. The Morgan fingerprint density at radius 1 is 1.33 bits per heavy atom. The van der Waals surface area contributed by atoms with Crippen molar-refractivity contribution in [2.24, 2.45) is 0 Å². The van der Waals surface area contributed by atoms with Crippen LogP contribution in [0.1, 0.15) is 26.1 Å². The second-order valence-corrected chi connectivity index (χ2v) is 11.3. The summed E-state index contributed by atoms with van der Waals surface area (Å²) in [4.78, 5) is 27.7. The molecule has 3 rings (SSSR count). The largest absolute Gasteiger partial charge is 0.462 e. The second-order valence-electron chi connectivity index (χ2n) is 8.20. The fraction of sp³-hybridized carbons (Fsp3) is 0.476. The highest BCUT2D eigenvalue weighted by molar-refractivity contribution is 8.00. The Morgan fingerprint density at radius 3 is 2.64 bits per heavy atom. The van der Waals surface area contributed by atoms with E-state index in [4.69, 9.17) is 19.5 Å². The first kappa shape index (κ1) is 28.1. The Kier molecular flexibility index (Phi) is 9.12. The Bertz CT molecular complexity index is 1170. The maximum atomic E-state index is 14.9. The first-order valence-corrected chi connectivity index (χ1v) is 13.4. The summed E-state index contributed by atoms with van der Waals surface area (Å²) in [6.45, 7) is 4.19. The highest BCUT2D eigenvalue weighted by atomic mass is 32.2. The third kappa shape index (κ3) is 6.83. The predicted molar refractivity (Wildman–Crippen MR) is 129 cm³/mol. The summed E-state index contributed by atoms with van der Waals surface area (Å²) in [6.07, 6.45) is -3.39. The molecule has 1 aliphatic heterocycles. The summed E-state index contributed by atoms with van der Waals surface area (Å²) >= 11 is 0.759. The number of para-hydroxylation sites is 1. The number of thioether (sulfide) groups is 1. The van der Waals surface area contributed by atoms with Crippen molar-refractivity contribution in [1.29, 1.82) is 0 Å². The van der Waals surface area contributed by atoms with E-state index < -0.39 is 72.7 Å². The summed E-state index contributed by atoms with van der Waals surface area (Å²) in [6, 6.07) is 6.88. The smallest absolute Gasteiger partial charge is 0.459 e. The van der Waals surface area contributed by atoms with E-state index in [-0.39, 0.29) is 5.75 Å². The van der Waals surface area contributed by atoms with Crippen LogP contribution in [0.2, 0.25) is 0 Å². The minimum atomic E-state index is -4.26. The van der Waals surface area contributed by atoms with Gasteiger partial charge in [0.05, 0.1) is 18.0 Å². The third-order valence-corrected chi connectivity index (χ3v) is 8.11. The van der Waals surface area contributed by atoms with E-state index in [9.17, 15) is 28.0 Å². The summed E-state index contributed by atoms with van der Waals surface area (Å²) in [5.41, 5.74) is 4.27. The SMILES string of the molecule is CC(C)OC(=O)[C@H](C)N[P@](=O)(OC[C@H]1S[C@@H](n2cc(F)c(N)nc2=O)C(F)[C@@H]1O)Oc1ccccc1. The van der Waals surface area contributed by atoms with Crippen LogP contribution in [0.15, 0.2) is 41.3 Å². The average Bonchev–Trinajstić information content (AvgIpc) is 3.08. The summed E-state index contributed by atoms with van der Waals surface area (Å²) in [5, 5.41) is 10.5. The molecule has 1 fully saturated rings. The molecule has 2 heterocycles. The maximum Gasteiger partial charge on any atom is 0.459 e. The molecule has 1 aromatic carbocycles. The first-order valence-electron chi connectivity index (χ1n) is 10.9. The van der Waals surface area contributed by atoms with Gasteiger partial charge in [0.1, 0.15) is 23.3 Å². The Balaban J connectivity index is 1.77. The van der Waals surface area contributed by atoms with Gasteiger partial charge in [0.2, 0.25) is 0 Å². The number of alkyl halides is 1. The van der Waals surface area contributed by atoms with E-state index in [1.165, 1.54) is 19.1 Å². The van der Waals surface area contributed by atoms with E-state index in [1.807, 2.05) is 0 Å². The van der Waals surface area contributed by atoms with E-state index in [0.29, 0.717) is 10.8 Å². The number of nitrogens with zero attached hydrogens (tertiary/aromatic N) is 2. The van der Waals surface area contributed by atoms with Crippen molar-refractivity contribution >= 4 is 31.3 Å². The topological polar surface area (TPSA) is 155 Å². The van der Waals surface area contributed by atoms with Crippen LogP contribution in [0.5, 0.6) is 5.75 Å². The lowest BCUT2D eigenvalue weighted by Gasteiger charge is -2.25. The van der Waals surface area contributed by atoms with Crippen molar-refractivity contribution < 1.29 is 37.0 Å². The molecule has 0 bridgehead atoms. The van der Waals surface area contributed by atoms with E-state index >= 15 is 0 Å². The van der Waals surface area contributed by atoms with Gasteiger partial charge >= 0.3 is 19.4 Å². The standard InChI is InChI=1S/C21H27F2N4O7PS/c1-11(2)33-20(29)12(3)26-35(31,34-13-7-5-4-6-8-13)32-10-15-17(28)16(23)19(36-15)27-9-14(22)18(24)25-21(27)30/h4-9,11-12,15-17,19,28H,10H2,1-3H3,(H,26,31)(H2,24,25,30)/t12-,15+,16?,17+,19+,35-/m0/s1. The molecular weight excluding hydrogens is 521 g/mol. The predicted octanol–water partition coefficient (Wildman–Crippen LogP) is 2.41. The number of ether oxygens (including phenoxy) is 1. The molecule has 0 radical (unpaired) electrons. The minimum absolute atomic E-state index is 0.161. The van der Waals surface area contributed by atoms with Gasteiger partial charge in [0.15, 0.2) is 17.8 Å². The lowest BCUT2D eigenvalue weighted by Crippen LogP contribution is -2.37. The van der Waals surface area contributed by atoms with E-state index in [2.05, 4.69) is 10.1 Å². The molecule has 0 spiro atoms. The molecule has 1 saturated heterocycles. The molecule has 11 nitrogen and oxygen atoms in total. The lowest BCUT2D eigenvalue weighted by molar-refractivity contribution is -0.149. The summed E-state index contributed by atoms with van der Waals surface area (Å²) in [7, 11) is -4.26. The van der Waals surface area contributed by atoms with Gasteiger partial charge in [-0.15, -0.1) is 11.8 Å². The van der Waals surface area contributed by atoms with Gasteiger partial charge in [0, 0.05) is 6.20 Å². The van der Waals surface area contributed by atoms with Gasteiger partial charge in [-0.2, -0.15) is 10.1 Å². The Labute approximate surface area is 209 Å². The van der Waals surface area contributed by atoms with Crippen LogP contribution in [0.3, 0.4) is 0 Å². The number of aliphatic hydroxyl groups is 1. The Morgan fingerprint density at radius 2 is 2.00 bits per heavy atom. The highest BCUT2D eigenvalue weighted by Gasteiger charge is 2.47. The average molecular weight is 549 g/mol. The molecule has 0 aliphatic carbocycles. The number of anilines is 1. The molecule has 36 heavy (non-hydrogen) atoms. The summed E-state index contributed by atoms with van der Waals surface area (Å²) < 4.78 is 59.1. The molecule has 0 amide bonds. The van der Waals surface area contributed by atoms with Gasteiger partial charge in [-0.25, -0.2) is 18.1 Å². The Hall–Kier alpha value is -2.51. The normalized spacial score (nSPS) is 24.3. The number of aliphatic hydroxyl groups excluding tert-OH is 1. The van der Waals surface area contributed by atoms with Gasteiger partial charge < -0.3 is 20.1 Å². The fourth-order valence-corrected chi connectivity index (χ4v) is 6.24. The van der Waals surface area contributed by atoms with Crippen molar-refractivity contribution in [2.75, 3.05) is 12.3 Å². The van der Waals surface area contributed by atoms with Gasteiger partial charge in [-0.05, 0) is 32.9 Å². The van der Waals surface area contributed by atoms with Crippen molar-refractivity contribution in [3.8, 4) is 5.75 Å². The molecule has 6 atom stereocenters. The zero-order valence-corrected chi connectivity index (χ0v) is 21.3.